The van der Waals surface area contributed by atoms with Gasteiger partial charge >= 0.3 is 8.80 Å². The maximum absolute atomic E-state index is 10.2. The second-order valence-corrected chi connectivity index (χ2v) is 8.84. The monoisotopic (exact) mass is 411 g/mol. The van der Waals surface area contributed by atoms with Crippen LogP contribution in [0.4, 0.5) is 0 Å². The molecule has 0 spiro atoms. The summed E-state index contributed by atoms with van der Waals surface area (Å²) >= 11 is 0. The number of rotatable bonds is 19. The molecule has 27 heavy (non-hydrogen) atoms. The first-order valence-electron chi connectivity index (χ1n) is 9.93. The number of nitrogens with zero attached hydrogens (tertiary/aromatic N) is 1. The zero-order chi connectivity index (χ0) is 20.5. The van der Waals surface area contributed by atoms with Gasteiger partial charge in [0, 0.05) is 59.8 Å². The van der Waals surface area contributed by atoms with Crippen molar-refractivity contribution >= 4 is 8.80 Å². The first kappa shape index (κ1) is 26.9. The Hall–Kier alpha value is -0.103. The Morgan fingerprint density at radius 3 is 1.70 bits per heavy atom. The summed E-state index contributed by atoms with van der Waals surface area (Å²) in [5, 5.41) is 10.2. The molecule has 0 aromatic carbocycles. The summed E-state index contributed by atoms with van der Waals surface area (Å²) in [6.07, 6.45) is -0.318. The number of aliphatic hydroxyl groups excluding tert-OH is 1. The minimum atomic E-state index is -2.66. The normalized spacial score (nSPS) is 14.7. The summed E-state index contributed by atoms with van der Waals surface area (Å²) in [7, 11) is 0.658. The minimum Gasteiger partial charge on any atom is -0.389 e. The van der Waals surface area contributed by atoms with Crippen LogP contribution < -0.4 is 0 Å². The Kier molecular flexibility index (Phi) is 16.8. The molecule has 0 fully saturated rings. The standard InChI is InChI=1S/C18H41NO7Si/c1-7-24-27(25-8-2,26-9-3)16-10-13-23-18(17(4)20)19(11-14-21-5)12-15-22-6/h17-18,20H,7-16H2,1-6H3. The number of hydrogen-bond donors (Lipinski definition) is 1. The van der Waals surface area contributed by atoms with E-state index < -0.39 is 21.1 Å². The van der Waals surface area contributed by atoms with Gasteiger partial charge in [0.2, 0.25) is 0 Å². The highest BCUT2D eigenvalue weighted by atomic mass is 28.4. The summed E-state index contributed by atoms with van der Waals surface area (Å²) < 4.78 is 33.9. The summed E-state index contributed by atoms with van der Waals surface area (Å²) in [6.45, 7) is 12.2. The van der Waals surface area contributed by atoms with Crippen molar-refractivity contribution in [1.82, 2.24) is 4.90 Å². The molecule has 0 radical (unpaired) electrons. The molecule has 0 aromatic rings. The lowest BCUT2D eigenvalue weighted by Gasteiger charge is -2.33. The molecule has 0 aliphatic heterocycles. The lowest BCUT2D eigenvalue weighted by molar-refractivity contribution is -0.127. The summed E-state index contributed by atoms with van der Waals surface area (Å²) in [5.41, 5.74) is 0. The summed E-state index contributed by atoms with van der Waals surface area (Å²) in [6, 6.07) is 0.686. The fourth-order valence-corrected chi connectivity index (χ4v) is 5.41. The van der Waals surface area contributed by atoms with Crippen LogP contribution in [0.25, 0.3) is 0 Å². The zero-order valence-electron chi connectivity index (χ0n) is 18.1. The largest absolute Gasteiger partial charge is 0.501 e. The van der Waals surface area contributed by atoms with Crippen LogP contribution in [0.5, 0.6) is 0 Å². The number of hydrogen-bond acceptors (Lipinski definition) is 8. The highest BCUT2D eigenvalue weighted by Gasteiger charge is 2.39. The number of ether oxygens (including phenoxy) is 3. The molecule has 2 unspecified atom stereocenters. The van der Waals surface area contributed by atoms with E-state index in [1.807, 2.05) is 25.7 Å². The van der Waals surface area contributed by atoms with Crippen LogP contribution >= 0.6 is 0 Å². The van der Waals surface area contributed by atoms with E-state index >= 15 is 0 Å². The summed E-state index contributed by atoms with van der Waals surface area (Å²) in [5.74, 6) is 0. The molecule has 0 heterocycles. The lowest BCUT2D eigenvalue weighted by atomic mass is 10.3. The van der Waals surface area contributed by atoms with Gasteiger partial charge in [-0.3, -0.25) is 4.90 Å². The Morgan fingerprint density at radius 1 is 0.852 bits per heavy atom. The van der Waals surface area contributed by atoms with Crippen molar-refractivity contribution in [3.8, 4) is 0 Å². The lowest BCUT2D eigenvalue weighted by Crippen LogP contribution is -2.48. The Balaban J connectivity index is 4.72. The van der Waals surface area contributed by atoms with E-state index in [2.05, 4.69) is 0 Å². The van der Waals surface area contributed by atoms with Gasteiger partial charge in [0.1, 0.15) is 6.23 Å². The molecular formula is C18H41NO7Si. The highest BCUT2D eigenvalue weighted by molar-refractivity contribution is 6.60. The van der Waals surface area contributed by atoms with Crippen molar-refractivity contribution in [2.75, 3.05) is 67.0 Å². The molecule has 0 saturated heterocycles. The van der Waals surface area contributed by atoms with Crippen molar-refractivity contribution in [2.24, 2.45) is 0 Å². The third kappa shape index (κ3) is 11.5. The van der Waals surface area contributed by atoms with Crippen molar-refractivity contribution < 1.29 is 32.6 Å². The predicted molar refractivity (Wildman–Crippen MR) is 107 cm³/mol. The first-order chi connectivity index (χ1) is 13.0. The van der Waals surface area contributed by atoms with E-state index in [9.17, 15) is 5.11 Å². The van der Waals surface area contributed by atoms with E-state index in [1.54, 1.807) is 21.1 Å². The minimum absolute atomic E-state index is 0.419. The predicted octanol–water partition coefficient (Wildman–Crippen LogP) is 1.74. The van der Waals surface area contributed by atoms with Crippen molar-refractivity contribution in [2.45, 2.75) is 52.5 Å². The van der Waals surface area contributed by atoms with Gasteiger partial charge in [0.25, 0.3) is 0 Å². The second kappa shape index (κ2) is 16.8. The van der Waals surface area contributed by atoms with Crippen LogP contribution in [-0.2, 0) is 27.5 Å². The van der Waals surface area contributed by atoms with E-state index in [1.165, 1.54) is 0 Å². The molecule has 0 bridgehead atoms. The van der Waals surface area contributed by atoms with E-state index in [4.69, 9.17) is 27.5 Å². The molecule has 8 nitrogen and oxygen atoms in total. The second-order valence-electron chi connectivity index (χ2n) is 6.11. The quantitative estimate of drug-likeness (QED) is 0.196. The molecule has 164 valence electrons. The molecule has 0 aromatic heterocycles. The van der Waals surface area contributed by atoms with Crippen molar-refractivity contribution in [1.29, 1.82) is 0 Å². The van der Waals surface area contributed by atoms with Gasteiger partial charge in [-0.2, -0.15) is 0 Å². The van der Waals surface area contributed by atoms with Crippen LogP contribution in [0.3, 0.4) is 0 Å². The fourth-order valence-electron chi connectivity index (χ4n) is 2.83. The van der Waals surface area contributed by atoms with Crippen LogP contribution in [0.2, 0.25) is 6.04 Å². The van der Waals surface area contributed by atoms with E-state index in [0.29, 0.717) is 58.8 Å². The first-order valence-corrected chi connectivity index (χ1v) is 11.9. The summed E-state index contributed by atoms with van der Waals surface area (Å²) in [4.78, 5) is 2.04. The Bertz CT molecular complexity index is 312. The van der Waals surface area contributed by atoms with Crippen LogP contribution in [0.15, 0.2) is 0 Å². The fraction of sp³-hybridized carbons (Fsp3) is 1.00. The van der Waals surface area contributed by atoms with Crippen LogP contribution in [0, 0.1) is 0 Å². The van der Waals surface area contributed by atoms with Gasteiger partial charge in [-0.15, -0.1) is 0 Å². The number of aliphatic hydroxyl groups is 1. The molecule has 0 amide bonds. The molecular weight excluding hydrogens is 370 g/mol. The van der Waals surface area contributed by atoms with Crippen LogP contribution in [0.1, 0.15) is 34.1 Å². The Labute approximate surface area is 166 Å². The van der Waals surface area contributed by atoms with Gasteiger partial charge in [-0.1, -0.05) is 0 Å². The van der Waals surface area contributed by atoms with E-state index in [-0.39, 0.29) is 0 Å². The van der Waals surface area contributed by atoms with Gasteiger partial charge in [0.15, 0.2) is 0 Å². The Morgan fingerprint density at radius 2 is 1.33 bits per heavy atom. The highest BCUT2D eigenvalue weighted by Crippen LogP contribution is 2.19. The third-order valence-corrected chi connectivity index (χ3v) is 7.10. The molecule has 0 aliphatic rings. The SMILES string of the molecule is CCO[Si](CCCOC(C(C)O)N(CCOC)CCOC)(OCC)OCC. The van der Waals surface area contributed by atoms with Gasteiger partial charge < -0.3 is 32.6 Å². The van der Waals surface area contributed by atoms with Crippen molar-refractivity contribution in [3.05, 3.63) is 0 Å². The van der Waals surface area contributed by atoms with Gasteiger partial charge in [-0.25, -0.2) is 0 Å². The molecule has 9 heteroatoms. The molecule has 0 aliphatic carbocycles. The van der Waals surface area contributed by atoms with Crippen LogP contribution in [-0.4, -0.2) is 98.1 Å². The number of methoxy groups -OCH3 is 2. The molecule has 0 saturated carbocycles. The van der Waals surface area contributed by atoms with Gasteiger partial charge in [0.05, 0.1) is 19.3 Å². The maximum atomic E-state index is 10.2. The molecule has 2 atom stereocenters. The smallest absolute Gasteiger partial charge is 0.389 e. The average Bonchev–Trinajstić information content (AvgIpc) is 2.63. The van der Waals surface area contributed by atoms with Crippen molar-refractivity contribution in [3.63, 3.8) is 0 Å². The molecule has 1 N–H and O–H groups in total. The molecule has 0 rings (SSSR count). The van der Waals surface area contributed by atoms with E-state index in [0.717, 1.165) is 6.42 Å². The average molecular weight is 412 g/mol. The topological polar surface area (TPSA) is 78.9 Å². The third-order valence-electron chi connectivity index (χ3n) is 3.95. The maximum Gasteiger partial charge on any atom is 0.501 e. The van der Waals surface area contributed by atoms with Gasteiger partial charge in [-0.05, 0) is 34.1 Å². The zero-order valence-corrected chi connectivity index (χ0v) is 19.1.